The Morgan fingerprint density at radius 3 is 2.07 bits per heavy atom. The SMILES string of the molecule is C=C(C)C(=O)NCCc1ccc(OC(=O)c2ccc(Oc3ccccc3)cc2)cc1. The number of hydrogen-bond donors (Lipinski definition) is 1. The molecule has 5 nitrogen and oxygen atoms in total. The Morgan fingerprint density at radius 2 is 1.43 bits per heavy atom. The third-order valence-electron chi connectivity index (χ3n) is 4.29. The minimum Gasteiger partial charge on any atom is -0.457 e. The van der Waals surface area contributed by atoms with Gasteiger partial charge in [-0.05, 0) is 67.4 Å². The van der Waals surface area contributed by atoms with E-state index in [2.05, 4.69) is 11.9 Å². The predicted octanol–water partition coefficient (Wildman–Crippen LogP) is 4.93. The maximum Gasteiger partial charge on any atom is 0.343 e. The van der Waals surface area contributed by atoms with Crippen molar-refractivity contribution in [2.45, 2.75) is 13.3 Å². The highest BCUT2D eigenvalue weighted by Gasteiger charge is 2.09. The minimum atomic E-state index is -0.442. The van der Waals surface area contributed by atoms with Crippen LogP contribution in [0, 0.1) is 0 Å². The van der Waals surface area contributed by atoms with Gasteiger partial charge in [0, 0.05) is 12.1 Å². The van der Waals surface area contributed by atoms with Crippen LogP contribution in [0.25, 0.3) is 0 Å². The molecule has 3 aromatic carbocycles. The lowest BCUT2D eigenvalue weighted by Crippen LogP contribution is -2.25. The fourth-order valence-corrected chi connectivity index (χ4v) is 2.65. The van der Waals surface area contributed by atoms with E-state index in [1.54, 1.807) is 43.3 Å². The van der Waals surface area contributed by atoms with Gasteiger partial charge in [0.2, 0.25) is 5.91 Å². The maximum absolute atomic E-state index is 12.4. The smallest absolute Gasteiger partial charge is 0.343 e. The molecule has 0 saturated carbocycles. The zero-order valence-corrected chi connectivity index (χ0v) is 16.8. The number of hydrogen-bond acceptors (Lipinski definition) is 4. The van der Waals surface area contributed by atoms with Crippen LogP contribution in [0.5, 0.6) is 17.2 Å². The molecule has 0 bridgehead atoms. The van der Waals surface area contributed by atoms with Crippen LogP contribution in [0.3, 0.4) is 0 Å². The van der Waals surface area contributed by atoms with Crippen LogP contribution in [-0.4, -0.2) is 18.4 Å². The number of esters is 1. The molecule has 1 amide bonds. The third kappa shape index (κ3) is 6.07. The van der Waals surface area contributed by atoms with Crippen molar-refractivity contribution in [3.63, 3.8) is 0 Å². The lowest BCUT2D eigenvalue weighted by Gasteiger charge is -2.08. The first-order valence-corrected chi connectivity index (χ1v) is 9.59. The van der Waals surface area contributed by atoms with E-state index in [1.807, 2.05) is 42.5 Å². The molecular formula is C25H23NO4. The fourth-order valence-electron chi connectivity index (χ4n) is 2.65. The summed E-state index contributed by atoms with van der Waals surface area (Å²) in [5, 5.41) is 2.78. The summed E-state index contributed by atoms with van der Waals surface area (Å²) >= 11 is 0. The number of nitrogens with one attached hydrogen (secondary N) is 1. The van der Waals surface area contributed by atoms with Crippen LogP contribution in [-0.2, 0) is 11.2 Å². The largest absolute Gasteiger partial charge is 0.457 e. The lowest BCUT2D eigenvalue weighted by molar-refractivity contribution is -0.117. The number of rotatable bonds is 8. The van der Waals surface area contributed by atoms with Gasteiger partial charge in [-0.3, -0.25) is 4.79 Å². The van der Waals surface area contributed by atoms with E-state index in [9.17, 15) is 9.59 Å². The Bertz CT molecular complexity index is 1010. The molecule has 0 aliphatic rings. The number of benzene rings is 3. The van der Waals surface area contributed by atoms with Gasteiger partial charge >= 0.3 is 5.97 Å². The normalized spacial score (nSPS) is 10.2. The van der Waals surface area contributed by atoms with Crippen molar-refractivity contribution in [2.24, 2.45) is 0 Å². The van der Waals surface area contributed by atoms with Gasteiger partial charge in [0.1, 0.15) is 17.2 Å². The van der Waals surface area contributed by atoms with E-state index < -0.39 is 5.97 Å². The Balaban J connectivity index is 1.51. The van der Waals surface area contributed by atoms with Gasteiger partial charge in [-0.15, -0.1) is 0 Å². The number of ether oxygens (including phenoxy) is 2. The quantitative estimate of drug-likeness (QED) is 0.330. The summed E-state index contributed by atoms with van der Waals surface area (Å²) in [4.78, 5) is 23.8. The molecule has 3 rings (SSSR count). The van der Waals surface area contributed by atoms with Gasteiger partial charge in [0.05, 0.1) is 5.56 Å². The molecule has 0 unspecified atom stereocenters. The van der Waals surface area contributed by atoms with Gasteiger partial charge in [0.15, 0.2) is 0 Å². The van der Waals surface area contributed by atoms with Crippen LogP contribution in [0.4, 0.5) is 0 Å². The van der Waals surface area contributed by atoms with Crippen LogP contribution in [0.1, 0.15) is 22.8 Å². The summed E-state index contributed by atoms with van der Waals surface area (Å²) in [5.74, 6) is 1.23. The summed E-state index contributed by atoms with van der Waals surface area (Å²) < 4.78 is 11.1. The number of amides is 1. The molecule has 0 aliphatic carbocycles. The number of para-hydroxylation sites is 1. The summed E-state index contributed by atoms with van der Waals surface area (Å²) in [5.41, 5.74) is 1.94. The second-order valence-corrected chi connectivity index (χ2v) is 6.76. The third-order valence-corrected chi connectivity index (χ3v) is 4.29. The standard InChI is InChI=1S/C25H23NO4/c1-18(2)24(27)26-17-16-19-8-12-23(13-9-19)30-25(28)20-10-14-22(15-11-20)29-21-6-4-3-5-7-21/h3-15H,1,16-17H2,2H3,(H,26,27). The first-order valence-electron chi connectivity index (χ1n) is 9.59. The summed E-state index contributed by atoms with van der Waals surface area (Å²) in [6.45, 7) is 5.79. The molecule has 0 atom stereocenters. The second kappa shape index (κ2) is 10.1. The Labute approximate surface area is 176 Å². The van der Waals surface area contributed by atoms with Crippen molar-refractivity contribution in [3.05, 3.63) is 102 Å². The summed E-state index contributed by atoms with van der Waals surface area (Å²) in [6, 6.07) is 23.4. The van der Waals surface area contributed by atoms with Gasteiger partial charge in [0.25, 0.3) is 0 Å². The average Bonchev–Trinajstić information content (AvgIpc) is 2.76. The molecule has 1 N–H and O–H groups in total. The Morgan fingerprint density at radius 1 is 0.833 bits per heavy atom. The first-order chi connectivity index (χ1) is 14.5. The molecular weight excluding hydrogens is 378 g/mol. The van der Waals surface area contributed by atoms with E-state index in [1.165, 1.54) is 0 Å². The molecule has 0 heterocycles. The Kier molecular flexibility index (Phi) is 7.00. The number of carbonyl (C=O) groups is 2. The summed E-state index contributed by atoms with van der Waals surface area (Å²) in [6.07, 6.45) is 0.677. The van der Waals surface area contributed by atoms with Crippen molar-refractivity contribution < 1.29 is 19.1 Å². The van der Waals surface area contributed by atoms with E-state index in [-0.39, 0.29) is 5.91 Å². The van der Waals surface area contributed by atoms with Gasteiger partial charge in [-0.2, -0.15) is 0 Å². The zero-order valence-electron chi connectivity index (χ0n) is 16.8. The van der Waals surface area contributed by atoms with Crippen molar-refractivity contribution in [2.75, 3.05) is 6.54 Å². The van der Waals surface area contributed by atoms with Gasteiger partial charge in [-0.25, -0.2) is 4.79 Å². The van der Waals surface area contributed by atoms with Crippen LogP contribution < -0.4 is 14.8 Å². The van der Waals surface area contributed by atoms with Gasteiger partial charge < -0.3 is 14.8 Å². The molecule has 152 valence electrons. The number of carbonyl (C=O) groups excluding carboxylic acids is 2. The molecule has 5 heteroatoms. The van der Waals surface area contributed by atoms with Crippen molar-refractivity contribution in [1.29, 1.82) is 0 Å². The molecule has 0 aliphatic heterocycles. The zero-order chi connectivity index (χ0) is 21.3. The predicted molar refractivity (Wildman–Crippen MR) is 116 cm³/mol. The topological polar surface area (TPSA) is 64.6 Å². The Hall–Kier alpha value is -3.86. The van der Waals surface area contributed by atoms with E-state index in [0.717, 1.165) is 11.3 Å². The maximum atomic E-state index is 12.4. The van der Waals surface area contributed by atoms with E-state index in [4.69, 9.17) is 9.47 Å². The van der Waals surface area contributed by atoms with Crippen molar-refractivity contribution in [1.82, 2.24) is 5.32 Å². The second-order valence-electron chi connectivity index (χ2n) is 6.76. The molecule has 30 heavy (non-hydrogen) atoms. The molecule has 0 aromatic heterocycles. The average molecular weight is 401 g/mol. The lowest BCUT2D eigenvalue weighted by atomic mass is 10.1. The van der Waals surface area contributed by atoms with Crippen LogP contribution in [0.15, 0.2) is 91.0 Å². The monoisotopic (exact) mass is 401 g/mol. The summed E-state index contributed by atoms with van der Waals surface area (Å²) in [7, 11) is 0. The fraction of sp³-hybridized carbons (Fsp3) is 0.120. The molecule has 3 aromatic rings. The van der Waals surface area contributed by atoms with Gasteiger partial charge in [-0.1, -0.05) is 36.9 Å². The van der Waals surface area contributed by atoms with E-state index in [0.29, 0.717) is 35.6 Å². The first kappa shape index (κ1) is 20.9. The molecule has 0 fully saturated rings. The minimum absolute atomic E-state index is 0.152. The van der Waals surface area contributed by atoms with Crippen LogP contribution >= 0.6 is 0 Å². The highest BCUT2D eigenvalue weighted by molar-refractivity contribution is 5.92. The highest BCUT2D eigenvalue weighted by atomic mass is 16.5. The van der Waals surface area contributed by atoms with Crippen molar-refractivity contribution in [3.8, 4) is 17.2 Å². The van der Waals surface area contributed by atoms with Crippen molar-refractivity contribution >= 4 is 11.9 Å². The molecule has 0 saturated heterocycles. The van der Waals surface area contributed by atoms with Crippen LogP contribution in [0.2, 0.25) is 0 Å². The molecule has 0 radical (unpaired) electrons. The molecule has 0 spiro atoms. The van der Waals surface area contributed by atoms with E-state index >= 15 is 0 Å². The highest BCUT2D eigenvalue weighted by Crippen LogP contribution is 2.22.